The molecule has 4 aromatic rings. The zero-order chi connectivity index (χ0) is 22.3. The van der Waals surface area contributed by atoms with Crippen LogP contribution in [0.4, 0.5) is 5.82 Å². The van der Waals surface area contributed by atoms with Gasteiger partial charge in [-0.3, -0.25) is 0 Å². The van der Waals surface area contributed by atoms with Gasteiger partial charge in [-0.1, -0.05) is 18.2 Å². The van der Waals surface area contributed by atoms with Gasteiger partial charge in [-0.05, 0) is 61.4 Å². The topological polar surface area (TPSA) is 77.3 Å². The molecule has 0 spiro atoms. The lowest BCUT2D eigenvalue weighted by Crippen LogP contribution is -2.36. The summed E-state index contributed by atoms with van der Waals surface area (Å²) >= 11 is 0. The maximum Gasteiger partial charge on any atom is 0.269 e. The maximum absolute atomic E-state index is 13.4. The van der Waals surface area contributed by atoms with E-state index in [1.165, 1.54) is 3.97 Å². The molecule has 1 saturated heterocycles. The van der Waals surface area contributed by atoms with Gasteiger partial charge in [0.15, 0.2) is 5.65 Å². The van der Waals surface area contributed by atoms with Crippen molar-refractivity contribution in [1.82, 2.24) is 13.9 Å². The van der Waals surface area contributed by atoms with E-state index >= 15 is 0 Å². The van der Waals surface area contributed by atoms with Crippen molar-refractivity contribution in [2.45, 2.75) is 18.7 Å². The zero-order valence-electron chi connectivity index (χ0n) is 18.0. The summed E-state index contributed by atoms with van der Waals surface area (Å²) in [5, 5.41) is 0.794. The molecule has 8 heteroatoms. The molecule has 164 valence electrons. The first-order valence-corrected chi connectivity index (χ1v) is 12.0. The van der Waals surface area contributed by atoms with Crippen molar-refractivity contribution in [1.29, 1.82) is 0 Å². The fourth-order valence-corrected chi connectivity index (χ4v) is 5.73. The lowest BCUT2D eigenvalue weighted by Gasteiger charge is -2.28. The predicted molar refractivity (Wildman–Crippen MR) is 124 cm³/mol. The molecule has 1 aliphatic heterocycles. The minimum absolute atomic E-state index is 0.238. The molecular formula is C24H24N4O3S. The third-order valence-corrected chi connectivity index (χ3v) is 7.51. The van der Waals surface area contributed by atoms with Crippen LogP contribution in [-0.2, 0) is 14.8 Å². The van der Waals surface area contributed by atoms with E-state index < -0.39 is 10.0 Å². The zero-order valence-corrected chi connectivity index (χ0v) is 18.8. The van der Waals surface area contributed by atoms with Crippen LogP contribution in [0.1, 0.15) is 11.4 Å². The first-order chi connectivity index (χ1) is 15.4. The third kappa shape index (κ3) is 3.55. The van der Waals surface area contributed by atoms with E-state index in [-0.39, 0.29) is 4.90 Å². The number of aryl methyl sites for hydroxylation is 2. The Morgan fingerprint density at radius 2 is 1.72 bits per heavy atom. The number of hydrogen-bond donors (Lipinski definition) is 0. The van der Waals surface area contributed by atoms with E-state index in [0.717, 1.165) is 41.1 Å². The van der Waals surface area contributed by atoms with E-state index in [0.29, 0.717) is 24.6 Å². The highest BCUT2D eigenvalue weighted by molar-refractivity contribution is 7.90. The van der Waals surface area contributed by atoms with Crippen LogP contribution in [0.25, 0.3) is 22.2 Å². The summed E-state index contributed by atoms with van der Waals surface area (Å²) in [6.45, 7) is 6.73. The number of benzene rings is 1. The Labute approximate surface area is 187 Å². The van der Waals surface area contributed by atoms with Crippen molar-refractivity contribution in [2.75, 3.05) is 31.2 Å². The quantitative estimate of drug-likeness (QED) is 0.473. The van der Waals surface area contributed by atoms with Gasteiger partial charge in [0.2, 0.25) is 0 Å². The molecule has 0 radical (unpaired) electrons. The van der Waals surface area contributed by atoms with Gasteiger partial charge in [-0.25, -0.2) is 22.4 Å². The fraction of sp³-hybridized carbons (Fsp3) is 0.250. The largest absolute Gasteiger partial charge is 0.378 e. The van der Waals surface area contributed by atoms with Gasteiger partial charge in [-0.2, -0.15) is 0 Å². The first kappa shape index (κ1) is 20.7. The number of nitrogens with zero attached hydrogens (tertiary/aromatic N) is 4. The minimum atomic E-state index is -3.77. The van der Waals surface area contributed by atoms with Crippen molar-refractivity contribution >= 4 is 26.9 Å². The van der Waals surface area contributed by atoms with E-state index in [9.17, 15) is 8.42 Å². The van der Waals surface area contributed by atoms with Crippen LogP contribution in [0.3, 0.4) is 0 Å². The van der Waals surface area contributed by atoms with Crippen LogP contribution in [0.5, 0.6) is 0 Å². The van der Waals surface area contributed by atoms with Crippen molar-refractivity contribution in [3.8, 4) is 11.1 Å². The van der Waals surface area contributed by atoms with Gasteiger partial charge in [-0.15, -0.1) is 0 Å². The summed E-state index contributed by atoms with van der Waals surface area (Å²) in [5.41, 5.74) is 3.86. The van der Waals surface area contributed by atoms with E-state index in [1.807, 2.05) is 25.1 Å². The monoisotopic (exact) mass is 448 g/mol. The predicted octanol–water partition coefficient (Wildman–Crippen LogP) is 3.79. The second kappa shape index (κ2) is 8.03. The highest BCUT2D eigenvalue weighted by Crippen LogP contribution is 2.33. The van der Waals surface area contributed by atoms with Crippen LogP contribution >= 0.6 is 0 Å². The molecule has 3 aromatic heterocycles. The molecule has 7 nitrogen and oxygen atoms in total. The van der Waals surface area contributed by atoms with Gasteiger partial charge in [0, 0.05) is 36.1 Å². The molecule has 0 amide bonds. The lowest BCUT2D eigenvalue weighted by atomic mass is 10.0. The summed E-state index contributed by atoms with van der Waals surface area (Å²) < 4.78 is 33.6. The molecule has 0 unspecified atom stereocenters. The number of hydrogen-bond acceptors (Lipinski definition) is 6. The van der Waals surface area contributed by atoms with Gasteiger partial charge in [0.25, 0.3) is 10.0 Å². The second-order valence-electron chi connectivity index (χ2n) is 7.92. The average molecular weight is 449 g/mol. The number of rotatable bonds is 4. The van der Waals surface area contributed by atoms with Crippen LogP contribution in [0.2, 0.25) is 0 Å². The Kier molecular flexibility index (Phi) is 5.19. The van der Waals surface area contributed by atoms with Gasteiger partial charge in [0.05, 0.1) is 18.1 Å². The molecule has 1 aromatic carbocycles. The Morgan fingerprint density at radius 1 is 0.969 bits per heavy atom. The molecule has 0 N–H and O–H groups in total. The van der Waals surface area contributed by atoms with E-state index in [4.69, 9.17) is 9.72 Å². The van der Waals surface area contributed by atoms with Crippen molar-refractivity contribution in [3.05, 3.63) is 72.2 Å². The van der Waals surface area contributed by atoms with Crippen LogP contribution < -0.4 is 4.90 Å². The van der Waals surface area contributed by atoms with Crippen LogP contribution in [0.15, 0.2) is 65.7 Å². The van der Waals surface area contributed by atoms with E-state index in [1.54, 1.807) is 43.5 Å². The number of anilines is 1. The average Bonchev–Trinajstić information content (AvgIpc) is 3.16. The van der Waals surface area contributed by atoms with Crippen LogP contribution in [-0.4, -0.2) is 48.7 Å². The summed E-state index contributed by atoms with van der Waals surface area (Å²) in [6.07, 6.45) is 1.66. The fourth-order valence-electron chi connectivity index (χ4n) is 4.21. The normalized spacial score (nSPS) is 14.8. The Morgan fingerprint density at radius 3 is 2.47 bits per heavy atom. The molecule has 4 heterocycles. The number of morpholine rings is 1. The lowest BCUT2D eigenvalue weighted by molar-refractivity contribution is 0.122. The van der Waals surface area contributed by atoms with Gasteiger partial charge >= 0.3 is 0 Å². The molecule has 32 heavy (non-hydrogen) atoms. The standard InChI is InChI=1S/C24H24N4O3S/c1-17-14-19(16-23(26-17)27-10-12-31-13-11-27)21-8-9-25-24-22(21)15-18(2)28(24)32(29,30)20-6-4-3-5-7-20/h3-9,14-16H,10-13H2,1-2H3. The SMILES string of the molecule is Cc1cc(-c2ccnc3c2cc(C)n3S(=O)(=O)c2ccccc2)cc(N2CCOCC2)n1. The smallest absolute Gasteiger partial charge is 0.269 e. The second-order valence-corrected chi connectivity index (χ2v) is 9.71. The molecule has 5 rings (SSSR count). The van der Waals surface area contributed by atoms with Crippen LogP contribution in [0, 0.1) is 13.8 Å². The Hall–Kier alpha value is -3.23. The number of ether oxygens (including phenoxy) is 1. The summed E-state index contributed by atoms with van der Waals surface area (Å²) in [5.74, 6) is 0.904. The van der Waals surface area contributed by atoms with Gasteiger partial charge in [0.1, 0.15) is 5.82 Å². The molecule has 0 saturated carbocycles. The Bertz CT molecular complexity index is 1390. The molecule has 0 atom stereocenters. The molecule has 1 fully saturated rings. The van der Waals surface area contributed by atoms with Crippen molar-refractivity contribution < 1.29 is 13.2 Å². The first-order valence-electron chi connectivity index (χ1n) is 10.5. The Balaban J connectivity index is 1.67. The molecule has 0 aliphatic carbocycles. The number of fused-ring (bicyclic) bond motifs is 1. The van der Waals surface area contributed by atoms with Gasteiger partial charge < -0.3 is 9.64 Å². The summed E-state index contributed by atoms with van der Waals surface area (Å²) in [7, 11) is -3.77. The molecular weight excluding hydrogens is 424 g/mol. The van der Waals surface area contributed by atoms with E-state index in [2.05, 4.69) is 16.0 Å². The molecule has 0 bridgehead atoms. The highest BCUT2D eigenvalue weighted by atomic mass is 32.2. The maximum atomic E-state index is 13.4. The summed E-state index contributed by atoms with van der Waals surface area (Å²) in [4.78, 5) is 11.6. The highest BCUT2D eigenvalue weighted by Gasteiger charge is 2.24. The minimum Gasteiger partial charge on any atom is -0.378 e. The number of aromatic nitrogens is 3. The number of pyridine rings is 2. The molecule has 1 aliphatic rings. The van der Waals surface area contributed by atoms with Crippen molar-refractivity contribution in [3.63, 3.8) is 0 Å². The third-order valence-electron chi connectivity index (χ3n) is 5.70. The summed E-state index contributed by atoms with van der Waals surface area (Å²) in [6, 6.07) is 16.4. The van der Waals surface area contributed by atoms with Crippen molar-refractivity contribution in [2.24, 2.45) is 0 Å².